The van der Waals surface area contributed by atoms with E-state index in [0.717, 1.165) is 18.4 Å². The van der Waals surface area contributed by atoms with Crippen molar-refractivity contribution in [1.29, 1.82) is 0 Å². The average molecular weight is 764 g/mol. The number of rotatable bonds is 3. The van der Waals surface area contributed by atoms with Gasteiger partial charge >= 0.3 is 26.2 Å². The number of phenolic OH excluding ortho intramolecular Hbond substituents is 1. The Kier molecular flexibility index (Phi) is 15.7. The molecule has 2 heteroatoms. The van der Waals surface area contributed by atoms with Crippen LogP contribution in [-0.2, 0) is 37.0 Å². The van der Waals surface area contributed by atoms with Gasteiger partial charge in [0.2, 0.25) is 0 Å². The van der Waals surface area contributed by atoms with E-state index in [9.17, 15) is 5.11 Å². The third kappa shape index (κ3) is 11.5. The molecular formula is C50H56OZr. The monoisotopic (exact) mass is 762 g/mol. The molecule has 0 fully saturated rings. The Hall–Kier alpha value is -4.00. The van der Waals surface area contributed by atoms with Crippen molar-refractivity contribution >= 4 is 21.5 Å². The normalized spacial score (nSPS) is 11.0. The first-order valence-electron chi connectivity index (χ1n) is 18.1. The van der Waals surface area contributed by atoms with Crippen LogP contribution in [0.3, 0.4) is 0 Å². The van der Waals surface area contributed by atoms with E-state index >= 15 is 0 Å². The Bertz CT molecular complexity index is 1980. The van der Waals surface area contributed by atoms with Crippen molar-refractivity contribution in [1.82, 2.24) is 0 Å². The van der Waals surface area contributed by atoms with Gasteiger partial charge in [-0.1, -0.05) is 151 Å². The molecule has 266 valence electrons. The first-order chi connectivity index (χ1) is 24.2. The van der Waals surface area contributed by atoms with Gasteiger partial charge in [0.25, 0.3) is 0 Å². The molecule has 0 atom stereocenters. The van der Waals surface area contributed by atoms with E-state index < -0.39 is 0 Å². The van der Waals surface area contributed by atoms with Crippen LogP contribution in [-0.4, -0.2) is 5.11 Å². The predicted molar refractivity (Wildman–Crippen MR) is 225 cm³/mol. The summed E-state index contributed by atoms with van der Waals surface area (Å²) in [7, 11) is 0. The molecule has 0 aliphatic carbocycles. The maximum atomic E-state index is 9.84. The standard InChI is InChI=1S/2C16H13.C14H22O.C4H8.Zr/c2*1-12-10-14-8-5-9-15(16(14)11-12)13-6-3-2-4-7-13;1-13(2,3)10-7-8-12(15)11(9-10)14(4,5)6;1-3-4-2;/h2*2-11H,1H3;7-9,15H,1-6H3;1-4H2;/q2*-1;;-2;+4. The SMILES string of the molecule is CC(C)(C)c1ccc(O)c(C(C)(C)C)c1.Cc1cc2c(-c3ccccc3)cccc2[cH-]1.Cc1cc2c(-c3ccccc3)cccc2[cH-]1.[CH2-]CC[CH2-].[Zr+4]. The minimum Gasteiger partial charge on any atom is -0.508 e. The molecule has 7 aromatic carbocycles. The van der Waals surface area contributed by atoms with Crippen molar-refractivity contribution < 1.29 is 31.3 Å². The number of benzene rings is 5. The van der Waals surface area contributed by atoms with Gasteiger partial charge < -0.3 is 19.0 Å². The van der Waals surface area contributed by atoms with Gasteiger partial charge in [0, 0.05) is 0 Å². The predicted octanol–water partition coefficient (Wildman–Crippen LogP) is 14.5. The number of aromatic hydroxyl groups is 1. The number of aryl methyl sites for hydroxylation is 2. The summed E-state index contributed by atoms with van der Waals surface area (Å²) in [5.74, 6) is 0.399. The first-order valence-corrected chi connectivity index (χ1v) is 18.1. The van der Waals surface area contributed by atoms with Crippen molar-refractivity contribution in [3.8, 4) is 28.0 Å². The minimum absolute atomic E-state index is 0. The van der Waals surface area contributed by atoms with Crippen molar-refractivity contribution in [3.63, 3.8) is 0 Å². The van der Waals surface area contributed by atoms with Crippen LogP contribution in [0.2, 0.25) is 0 Å². The van der Waals surface area contributed by atoms with Gasteiger partial charge in [-0.05, 0) is 39.2 Å². The second-order valence-electron chi connectivity index (χ2n) is 15.4. The third-order valence-corrected chi connectivity index (χ3v) is 8.88. The van der Waals surface area contributed by atoms with Crippen LogP contribution >= 0.6 is 0 Å². The van der Waals surface area contributed by atoms with E-state index in [4.69, 9.17) is 0 Å². The van der Waals surface area contributed by atoms with E-state index in [0.29, 0.717) is 5.75 Å². The van der Waals surface area contributed by atoms with Gasteiger partial charge in [-0.2, -0.15) is 12.1 Å². The second kappa shape index (κ2) is 19.2. The summed E-state index contributed by atoms with van der Waals surface area (Å²) in [5.41, 5.74) is 10.3. The summed E-state index contributed by atoms with van der Waals surface area (Å²) in [5, 5.41) is 15.2. The Morgan fingerprint density at radius 1 is 0.519 bits per heavy atom. The Balaban J connectivity index is 0.000000198. The Morgan fingerprint density at radius 3 is 1.31 bits per heavy atom. The first kappa shape index (κ1) is 42.4. The zero-order chi connectivity index (χ0) is 37.2. The zero-order valence-electron chi connectivity index (χ0n) is 32.6. The fourth-order valence-electron chi connectivity index (χ4n) is 6.11. The molecule has 0 bridgehead atoms. The molecule has 1 N–H and O–H groups in total. The van der Waals surface area contributed by atoms with Gasteiger partial charge in [-0.15, -0.1) is 69.1 Å². The minimum atomic E-state index is -0.00859. The van der Waals surface area contributed by atoms with Crippen LogP contribution in [0, 0.1) is 27.7 Å². The molecule has 0 amide bonds. The maximum Gasteiger partial charge on any atom is 4.00 e. The number of fused-ring (bicyclic) bond motifs is 2. The van der Waals surface area contributed by atoms with Crippen LogP contribution < -0.4 is 0 Å². The molecule has 0 unspecified atom stereocenters. The van der Waals surface area contributed by atoms with Gasteiger partial charge in [-0.25, -0.2) is 12.8 Å². The summed E-state index contributed by atoms with van der Waals surface area (Å²) in [6.45, 7) is 24.3. The van der Waals surface area contributed by atoms with E-state index in [2.05, 4.69) is 197 Å². The zero-order valence-corrected chi connectivity index (χ0v) is 35.0. The number of hydrogen-bond acceptors (Lipinski definition) is 1. The molecule has 0 heterocycles. The summed E-state index contributed by atoms with van der Waals surface area (Å²) in [6, 6.07) is 49.0. The van der Waals surface area contributed by atoms with E-state index in [-0.39, 0.29) is 37.0 Å². The van der Waals surface area contributed by atoms with Gasteiger partial charge in [-0.3, -0.25) is 0 Å². The van der Waals surface area contributed by atoms with Crippen LogP contribution in [0.25, 0.3) is 43.8 Å². The number of unbranched alkanes of at least 4 members (excludes halogenated alkanes) is 1. The van der Waals surface area contributed by atoms with E-state index in [1.165, 1.54) is 60.5 Å². The molecule has 7 aromatic rings. The maximum absolute atomic E-state index is 9.84. The molecule has 0 saturated carbocycles. The van der Waals surface area contributed by atoms with Crippen LogP contribution in [0.15, 0.2) is 140 Å². The smallest absolute Gasteiger partial charge is 0.508 e. The average Bonchev–Trinajstić information content (AvgIpc) is 3.69. The van der Waals surface area contributed by atoms with Crippen molar-refractivity contribution in [3.05, 3.63) is 176 Å². The molecule has 1 nitrogen and oxygen atoms in total. The summed E-state index contributed by atoms with van der Waals surface area (Å²) < 4.78 is 0. The molecular weight excluding hydrogens is 708 g/mol. The number of hydrogen-bond donors (Lipinski definition) is 1. The quantitative estimate of drug-likeness (QED) is 0.178. The van der Waals surface area contributed by atoms with Crippen molar-refractivity contribution in [2.45, 2.75) is 79.1 Å². The second-order valence-corrected chi connectivity index (χ2v) is 15.4. The molecule has 0 radical (unpaired) electrons. The van der Waals surface area contributed by atoms with Gasteiger partial charge in [0.1, 0.15) is 5.75 Å². The summed E-state index contributed by atoms with van der Waals surface area (Å²) in [6.07, 6.45) is 1.92. The molecule has 0 aromatic heterocycles. The molecule has 52 heavy (non-hydrogen) atoms. The molecule has 0 aliphatic heterocycles. The molecule has 0 spiro atoms. The molecule has 0 aliphatic rings. The van der Waals surface area contributed by atoms with Gasteiger partial charge in [0.05, 0.1) is 0 Å². The van der Waals surface area contributed by atoms with Crippen molar-refractivity contribution in [2.24, 2.45) is 0 Å². The summed E-state index contributed by atoms with van der Waals surface area (Å²) in [4.78, 5) is 0. The van der Waals surface area contributed by atoms with Crippen LogP contribution in [0.4, 0.5) is 0 Å². The largest absolute Gasteiger partial charge is 4.00 e. The van der Waals surface area contributed by atoms with Gasteiger partial charge in [0.15, 0.2) is 0 Å². The Morgan fingerprint density at radius 2 is 0.942 bits per heavy atom. The molecule has 7 rings (SSSR count). The van der Waals surface area contributed by atoms with Crippen LogP contribution in [0.1, 0.15) is 76.6 Å². The van der Waals surface area contributed by atoms with Crippen molar-refractivity contribution in [2.75, 3.05) is 0 Å². The topological polar surface area (TPSA) is 20.2 Å². The fourth-order valence-corrected chi connectivity index (χ4v) is 6.11. The summed E-state index contributed by atoms with van der Waals surface area (Å²) >= 11 is 0. The number of phenols is 1. The fraction of sp³-hybridized carbons (Fsp3) is 0.240. The van der Waals surface area contributed by atoms with Crippen LogP contribution in [0.5, 0.6) is 5.75 Å². The molecule has 0 saturated heterocycles. The third-order valence-electron chi connectivity index (χ3n) is 8.88. The Labute approximate surface area is 333 Å². The van der Waals surface area contributed by atoms with E-state index in [1.807, 2.05) is 6.07 Å². The van der Waals surface area contributed by atoms with E-state index in [1.54, 1.807) is 6.07 Å².